The first-order valence-corrected chi connectivity index (χ1v) is 7.78. The summed E-state index contributed by atoms with van der Waals surface area (Å²) in [5.41, 5.74) is 2.43. The summed E-state index contributed by atoms with van der Waals surface area (Å²) >= 11 is 1.84. The average molecular weight is 290 g/mol. The van der Waals surface area contributed by atoms with Crippen molar-refractivity contribution in [2.24, 2.45) is 0 Å². The second kappa shape index (κ2) is 6.70. The summed E-state index contributed by atoms with van der Waals surface area (Å²) in [7, 11) is 0. The molecule has 0 aliphatic heterocycles. The third-order valence-electron chi connectivity index (χ3n) is 3.27. The summed E-state index contributed by atoms with van der Waals surface area (Å²) in [4.78, 5) is 11.3. The van der Waals surface area contributed by atoms with Gasteiger partial charge in [0, 0.05) is 21.9 Å². The van der Waals surface area contributed by atoms with E-state index in [0.717, 1.165) is 36.7 Å². The number of rotatable bonds is 6. The maximum Gasteiger partial charge on any atom is 0.134 e. The molecule has 0 unspecified atom stereocenters. The molecule has 0 bridgehead atoms. The number of thiophene rings is 1. The number of aromatic nitrogens is 2. The molecule has 0 radical (unpaired) electrons. The van der Waals surface area contributed by atoms with Crippen LogP contribution in [0.15, 0.2) is 12.4 Å². The Hall–Kier alpha value is -1.62. The lowest BCUT2D eigenvalue weighted by atomic mass is 10.2. The predicted octanol–water partition coefficient (Wildman–Crippen LogP) is 3.90. The Morgan fingerprint density at radius 1 is 1.10 bits per heavy atom. The van der Waals surface area contributed by atoms with E-state index in [2.05, 4.69) is 47.4 Å². The number of hydrogen-bond acceptors (Lipinski definition) is 5. The van der Waals surface area contributed by atoms with Crippen LogP contribution in [0, 0.1) is 20.8 Å². The lowest BCUT2D eigenvalue weighted by Gasteiger charge is -2.11. The van der Waals surface area contributed by atoms with Crippen LogP contribution in [0.3, 0.4) is 0 Å². The van der Waals surface area contributed by atoms with E-state index in [4.69, 9.17) is 0 Å². The predicted molar refractivity (Wildman–Crippen MR) is 86.7 cm³/mol. The largest absolute Gasteiger partial charge is 0.370 e. The molecule has 2 rings (SSSR count). The number of hydrogen-bond donors (Lipinski definition) is 2. The van der Waals surface area contributed by atoms with Crippen LogP contribution >= 0.6 is 11.3 Å². The number of aryl methyl sites for hydroxylation is 2. The first-order valence-electron chi connectivity index (χ1n) is 6.97. The standard InChI is InChI=1S/C15H22N4S/c1-5-6-16-14-11(3)15(19-9-18-14)17-8-13-7-10(2)12(4)20-13/h7,9H,5-6,8H2,1-4H3,(H2,16,17,18,19). The van der Waals surface area contributed by atoms with Gasteiger partial charge in [-0.05, 0) is 38.8 Å². The lowest BCUT2D eigenvalue weighted by molar-refractivity contribution is 0.957. The van der Waals surface area contributed by atoms with E-state index < -0.39 is 0 Å². The molecule has 108 valence electrons. The smallest absolute Gasteiger partial charge is 0.134 e. The quantitative estimate of drug-likeness (QED) is 0.847. The third kappa shape index (κ3) is 3.48. The van der Waals surface area contributed by atoms with Gasteiger partial charge < -0.3 is 10.6 Å². The van der Waals surface area contributed by atoms with Gasteiger partial charge in [-0.2, -0.15) is 0 Å². The van der Waals surface area contributed by atoms with Gasteiger partial charge >= 0.3 is 0 Å². The molecule has 2 heterocycles. The fraction of sp³-hybridized carbons (Fsp3) is 0.467. The van der Waals surface area contributed by atoms with Crippen molar-refractivity contribution in [2.75, 3.05) is 17.2 Å². The molecule has 0 spiro atoms. The van der Waals surface area contributed by atoms with Crippen LogP contribution in [0.4, 0.5) is 11.6 Å². The van der Waals surface area contributed by atoms with Crippen LogP contribution in [-0.4, -0.2) is 16.5 Å². The van der Waals surface area contributed by atoms with Crippen molar-refractivity contribution in [1.29, 1.82) is 0 Å². The first kappa shape index (κ1) is 14.8. The SMILES string of the molecule is CCCNc1ncnc(NCc2cc(C)c(C)s2)c1C. The Kier molecular flexibility index (Phi) is 4.95. The minimum atomic E-state index is 0.810. The monoisotopic (exact) mass is 290 g/mol. The lowest BCUT2D eigenvalue weighted by Crippen LogP contribution is -2.08. The molecule has 0 fully saturated rings. The van der Waals surface area contributed by atoms with E-state index >= 15 is 0 Å². The summed E-state index contributed by atoms with van der Waals surface area (Å²) in [6.07, 6.45) is 2.69. The van der Waals surface area contributed by atoms with Gasteiger partial charge in [0.2, 0.25) is 0 Å². The van der Waals surface area contributed by atoms with Crippen molar-refractivity contribution in [1.82, 2.24) is 9.97 Å². The van der Waals surface area contributed by atoms with Crippen molar-refractivity contribution >= 4 is 23.0 Å². The summed E-state index contributed by atoms with van der Waals surface area (Å²) in [6.45, 7) is 10.2. The number of nitrogens with zero attached hydrogens (tertiary/aromatic N) is 2. The maximum atomic E-state index is 4.33. The molecular weight excluding hydrogens is 268 g/mol. The first-order chi connectivity index (χ1) is 9.61. The van der Waals surface area contributed by atoms with Crippen molar-refractivity contribution in [3.05, 3.63) is 33.3 Å². The van der Waals surface area contributed by atoms with Crippen LogP contribution in [0.5, 0.6) is 0 Å². The van der Waals surface area contributed by atoms with Gasteiger partial charge in [-0.3, -0.25) is 0 Å². The van der Waals surface area contributed by atoms with Gasteiger partial charge in [-0.1, -0.05) is 6.92 Å². The van der Waals surface area contributed by atoms with E-state index in [1.807, 2.05) is 18.3 Å². The summed E-state index contributed by atoms with van der Waals surface area (Å²) < 4.78 is 0. The fourth-order valence-corrected chi connectivity index (χ4v) is 2.95. The Morgan fingerprint density at radius 2 is 1.80 bits per heavy atom. The molecule has 5 heteroatoms. The number of anilines is 2. The third-order valence-corrected chi connectivity index (χ3v) is 4.43. The Morgan fingerprint density at radius 3 is 2.40 bits per heavy atom. The minimum Gasteiger partial charge on any atom is -0.370 e. The van der Waals surface area contributed by atoms with Crippen LogP contribution in [0.2, 0.25) is 0 Å². The van der Waals surface area contributed by atoms with Gasteiger partial charge in [-0.25, -0.2) is 9.97 Å². The van der Waals surface area contributed by atoms with Crippen molar-refractivity contribution in [3.63, 3.8) is 0 Å². The van der Waals surface area contributed by atoms with Crippen LogP contribution in [-0.2, 0) is 6.54 Å². The Bertz CT molecular complexity index is 558. The molecule has 0 aliphatic rings. The summed E-state index contributed by atoms with van der Waals surface area (Å²) in [5, 5.41) is 6.73. The summed E-state index contributed by atoms with van der Waals surface area (Å²) in [6, 6.07) is 2.24. The van der Waals surface area contributed by atoms with Crippen LogP contribution in [0.1, 0.15) is 34.2 Å². The average Bonchev–Trinajstić information content (AvgIpc) is 2.75. The van der Waals surface area contributed by atoms with Gasteiger partial charge in [-0.15, -0.1) is 11.3 Å². The fourth-order valence-electron chi connectivity index (χ4n) is 1.96. The van der Waals surface area contributed by atoms with Gasteiger partial charge in [0.25, 0.3) is 0 Å². The van der Waals surface area contributed by atoms with E-state index in [1.165, 1.54) is 15.3 Å². The highest BCUT2D eigenvalue weighted by Gasteiger charge is 2.07. The Labute approximate surface area is 124 Å². The van der Waals surface area contributed by atoms with Crippen LogP contribution < -0.4 is 10.6 Å². The van der Waals surface area contributed by atoms with E-state index in [9.17, 15) is 0 Å². The highest BCUT2D eigenvalue weighted by Crippen LogP contribution is 2.23. The minimum absolute atomic E-state index is 0.810. The van der Waals surface area contributed by atoms with E-state index in [-0.39, 0.29) is 0 Å². The topological polar surface area (TPSA) is 49.8 Å². The zero-order valence-electron chi connectivity index (χ0n) is 12.6. The molecule has 20 heavy (non-hydrogen) atoms. The van der Waals surface area contributed by atoms with Crippen molar-refractivity contribution < 1.29 is 0 Å². The van der Waals surface area contributed by atoms with Gasteiger partial charge in [0.05, 0.1) is 6.54 Å². The number of nitrogens with one attached hydrogen (secondary N) is 2. The second-order valence-electron chi connectivity index (χ2n) is 4.93. The molecule has 0 aromatic carbocycles. The van der Waals surface area contributed by atoms with E-state index in [0.29, 0.717) is 0 Å². The molecule has 2 N–H and O–H groups in total. The molecule has 4 nitrogen and oxygen atoms in total. The molecule has 0 atom stereocenters. The highest BCUT2D eigenvalue weighted by molar-refractivity contribution is 7.12. The van der Waals surface area contributed by atoms with Gasteiger partial charge in [0.15, 0.2) is 0 Å². The molecule has 0 saturated heterocycles. The molecule has 2 aromatic heterocycles. The van der Waals surface area contributed by atoms with Crippen molar-refractivity contribution in [2.45, 2.75) is 40.7 Å². The van der Waals surface area contributed by atoms with Crippen LogP contribution in [0.25, 0.3) is 0 Å². The Balaban J connectivity index is 2.05. The molecule has 0 amide bonds. The van der Waals surface area contributed by atoms with Gasteiger partial charge in [0.1, 0.15) is 18.0 Å². The second-order valence-corrected chi connectivity index (χ2v) is 6.27. The summed E-state index contributed by atoms with van der Waals surface area (Å²) in [5.74, 6) is 1.82. The highest BCUT2D eigenvalue weighted by atomic mass is 32.1. The maximum absolute atomic E-state index is 4.33. The zero-order valence-corrected chi connectivity index (χ0v) is 13.4. The molecule has 0 saturated carbocycles. The zero-order chi connectivity index (χ0) is 14.5. The normalized spacial score (nSPS) is 10.6. The molecule has 2 aromatic rings. The molecular formula is C15H22N4S. The van der Waals surface area contributed by atoms with E-state index in [1.54, 1.807) is 6.33 Å². The van der Waals surface area contributed by atoms with Crippen molar-refractivity contribution in [3.8, 4) is 0 Å². The molecule has 0 aliphatic carbocycles.